The number of carbonyl (C=O) groups excluding carboxylic acids is 2. The SMILES string of the molecule is CCCCCCCCOC(=O)c1ccccc1C(=O)OCCC(C)S(=O)(=O)[O-].[K+]. The van der Waals surface area contributed by atoms with E-state index in [-0.39, 0.29) is 82.1 Å². The number of benzene rings is 1. The molecule has 0 saturated carbocycles. The van der Waals surface area contributed by atoms with Gasteiger partial charge in [0.15, 0.2) is 0 Å². The van der Waals surface area contributed by atoms with E-state index in [1.807, 2.05) is 0 Å². The normalized spacial score (nSPS) is 12.0. The molecule has 158 valence electrons. The first-order valence-corrected chi connectivity index (χ1v) is 11.1. The van der Waals surface area contributed by atoms with Crippen molar-refractivity contribution in [2.24, 2.45) is 0 Å². The van der Waals surface area contributed by atoms with Crippen molar-refractivity contribution in [3.63, 3.8) is 0 Å². The molecule has 1 unspecified atom stereocenters. The van der Waals surface area contributed by atoms with Gasteiger partial charge in [0.05, 0.1) is 34.5 Å². The van der Waals surface area contributed by atoms with Crippen LogP contribution in [0.2, 0.25) is 0 Å². The summed E-state index contributed by atoms with van der Waals surface area (Å²) in [7, 11) is -4.42. The van der Waals surface area contributed by atoms with Crippen molar-refractivity contribution in [3.05, 3.63) is 35.4 Å². The Morgan fingerprint density at radius 2 is 1.41 bits per heavy atom. The number of hydrogen-bond donors (Lipinski definition) is 0. The Balaban J connectivity index is 0.00000784. The second kappa shape index (κ2) is 15.5. The van der Waals surface area contributed by atoms with Gasteiger partial charge in [0.2, 0.25) is 0 Å². The van der Waals surface area contributed by atoms with Crippen LogP contribution in [0.5, 0.6) is 0 Å². The van der Waals surface area contributed by atoms with Crippen molar-refractivity contribution in [2.45, 2.75) is 64.0 Å². The van der Waals surface area contributed by atoms with Crippen LogP contribution in [0, 0.1) is 0 Å². The fraction of sp³-hybridized carbons (Fsp3) is 0.600. The van der Waals surface area contributed by atoms with Crippen LogP contribution in [0.3, 0.4) is 0 Å². The molecule has 0 aliphatic heterocycles. The molecule has 0 radical (unpaired) electrons. The minimum absolute atomic E-state index is 0. The summed E-state index contributed by atoms with van der Waals surface area (Å²) in [5.41, 5.74) is 0.149. The van der Waals surface area contributed by atoms with Crippen molar-refractivity contribution in [1.29, 1.82) is 0 Å². The molecule has 0 N–H and O–H groups in total. The summed E-state index contributed by atoms with van der Waals surface area (Å²) in [6.45, 7) is 3.45. The van der Waals surface area contributed by atoms with Gasteiger partial charge in [0.25, 0.3) is 0 Å². The average Bonchev–Trinajstić information content (AvgIpc) is 2.66. The van der Waals surface area contributed by atoms with E-state index in [1.54, 1.807) is 12.1 Å². The Morgan fingerprint density at radius 1 is 0.931 bits per heavy atom. The molecule has 0 fully saturated rings. The van der Waals surface area contributed by atoms with Gasteiger partial charge in [0.1, 0.15) is 0 Å². The average molecular weight is 453 g/mol. The molecule has 1 aromatic rings. The van der Waals surface area contributed by atoms with Crippen LogP contribution in [0.25, 0.3) is 0 Å². The van der Waals surface area contributed by atoms with E-state index < -0.39 is 27.3 Å². The maximum absolute atomic E-state index is 12.3. The van der Waals surface area contributed by atoms with Gasteiger partial charge in [-0.15, -0.1) is 0 Å². The van der Waals surface area contributed by atoms with Gasteiger partial charge in [-0.25, -0.2) is 18.0 Å². The molecule has 0 heterocycles. The Kier molecular flexibility index (Phi) is 15.3. The number of rotatable bonds is 13. The first-order valence-electron chi connectivity index (χ1n) is 9.65. The van der Waals surface area contributed by atoms with Crippen molar-refractivity contribution in [1.82, 2.24) is 0 Å². The van der Waals surface area contributed by atoms with E-state index in [2.05, 4.69) is 6.92 Å². The summed E-state index contributed by atoms with van der Waals surface area (Å²) in [6, 6.07) is 6.12. The fourth-order valence-corrected chi connectivity index (χ4v) is 2.89. The zero-order valence-corrected chi connectivity index (χ0v) is 21.5. The summed E-state index contributed by atoms with van der Waals surface area (Å²) < 4.78 is 42.8. The first kappa shape index (κ1) is 28.7. The molecular formula is C20H29KO7S. The third-order valence-electron chi connectivity index (χ3n) is 4.35. The van der Waals surface area contributed by atoms with Gasteiger partial charge < -0.3 is 14.0 Å². The molecule has 29 heavy (non-hydrogen) atoms. The molecule has 1 atom stereocenters. The molecule has 0 bridgehead atoms. The van der Waals surface area contributed by atoms with Crippen LogP contribution in [0.15, 0.2) is 24.3 Å². The standard InChI is InChI=1S/C20H30O7S.K/c1-3-4-5-6-7-10-14-26-19(21)17-11-8-9-12-18(17)20(22)27-15-13-16(2)28(23,24)25;/h8-9,11-12,16H,3-7,10,13-15H2,1-2H3,(H,23,24,25);/q;+1/p-1. The van der Waals surface area contributed by atoms with Gasteiger partial charge in [0, 0.05) is 5.25 Å². The molecule has 0 amide bonds. The summed E-state index contributed by atoms with van der Waals surface area (Å²) in [5, 5.41) is -1.15. The number of carbonyl (C=O) groups is 2. The van der Waals surface area contributed by atoms with Gasteiger partial charge in [-0.2, -0.15) is 0 Å². The maximum atomic E-state index is 12.3. The minimum Gasteiger partial charge on any atom is -0.748 e. The van der Waals surface area contributed by atoms with E-state index in [1.165, 1.54) is 38.3 Å². The van der Waals surface area contributed by atoms with Crippen LogP contribution in [-0.4, -0.2) is 43.4 Å². The van der Waals surface area contributed by atoms with E-state index in [4.69, 9.17) is 9.47 Å². The molecule has 0 saturated heterocycles. The predicted octanol–water partition coefficient (Wildman–Crippen LogP) is 0.689. The summed E-state index contributed by atoms with van der Waals surface area (Å²) in [4.78, 5) is 24.5. The third-order valence-corrected chi connectivity index (χ3v) is 5.57. The Labute approximate surface area is 216 Å². The van der Waals surface area contributed by atoms with Gasteiger partial charge in [-0.05, 0) is 31.9 Å². The number of esters is 2. The predicted molar refractivity (Wildman–Crippen MR) is 104 cm³/mol. The Bertz CT molecular complexity index is 734. The second-order valence-electron chi connectivity index (χ2n) is 6.68. The van der Waals surface area contributed by atoms with Crippen molar-refractivity contribution >= 4 is 22.1 Å². The quantitative estimate of drug-likeness (QED) is 0.187. The van der Waals surface area contributed by atoms with Crippen LogP contribution < -0.4 is 51.4 Å². The third kappa shape index (κ3) is 11.6. The van der Waals surface area contributed by atoms with E-state index in [0.29, 0.717) is 0 Å². The molecule has 0 spiro atoms. The zero-order valence-electron chi connectivity index (χ0n) is 17.5. The van der Waals surface area contributed by atoms with Gasteiger partial charge in [-0.1, -0.05) is 51.2 Å². The molecular weight excluding hydrogens is 423 g/mol. The van der Waals surface area contributed by atoms with Crippen LogP contribution in [0.1, 0.15) is 79.5 Å². The summed E-state index contributed by atoms with van der Waals surface area (Å²) in [6.07, 6.45) is 6.29. The molecule has 1 rings (SSSR count). The molecule has 9 heteroatoms. The molecule has 0 aliphatic carbocycles. The second-order valence-corrected chi connectivity index (χ2v) is 8.47. The molecule has 0 aliphatic rings. The number of hydrogen-bond acceptors (Lipinski definition) is 7. The van der Waals surface area contributed by atoms with Crippen molar-refractivity contribution < 1.29 is 83.4 Å². The van der Waals surface area contributed by atoms with Crippen molar-refractivity contribution in [2.75, 3.05) is 13.2 Å². The van der Waals surface area contributed by atoms with E-state index >= 15 is 0 Å². The first-order chi connectivity index (χ1) is 13.3. The van der Waals surface area contributed by atoms with Crippen LogP contribution in [-0.2, 0) is 19.6 Å². The Hall–Kier alpha value is -0.294. The minimum atomic E-state index is -4.42. The maximum Gasteiger partial charge on any atom is 1.00 e. The number of unbranched alkanes of at least 4 members (excludes halogenated alkanes) is 5. The monoisotopic (exact) mass is 452 g/mol. The molecule has 1 aromatic carbocycles. The fourth-order valence-electron chi connectivity index (χ4n) is 2.50. The van der Waals surface area contributed by atoms with E-state index in [9.17, 15) is 22.6 Å². The molecule has 7 nitrogen and oxygen atoms in total. The molecule has 0 aromatic heterocycles. The van der Waals surface area contributed by atoms with Gasteiger partial charge in [-0.3, -0.25) is 0 Å². The van der Waals surface area contributed by atoms with Gasteiger partial charge >= 0.3 is 63.3 Å². The smallest absolute Gasteiger partial charge is 0.748 e. The number of ether oxygens (including phenoxy) is 2. The summed E-state index contributed by atoms with van der Waals surface area (Å²) in [5.74, 6) is -1.36. The van der Waals surface area contributed by atoms with Crippen LogP contribution in [0.4, 0.5) is 0 Å². The van der Waals surface area contributed by atoms with Crippen molar-refractivity contribution in [3.8, 4) is 0 Å². The van der Waals surface area contributed by atoms with E-state index in [0.717, 1.165) is 19.3 Å². The zero-order chi connectivity index (χ0) is 21.0. The largest absolute Gasteiger partial charge is 1.00 e. The summed E-state index contributed by atoms with van der Waals surface area (Å²) >= 11 is 0. The van der Waals surface area contributed by atoms with Crippen LogP contribution >= 0.6 is 0 Å². The Morgan fingerprint density at radius 3 is 1.93 bits per heavy atom. The topological polar surface area (TPSA) is 110 Å².